The molecule has 2 atom stereocenters. The molecule has 106 valence electrons. The second kappa shape index (κ2) is 4.33. The molecule has 4 nitrogen and oxygen atoms in total. The van der Waals surface area contributed by atoms with Crippen LogP contribution in [0.2, 0.25) is 0 Å². The molecule has 0 aliphatic carbocycles. The quantitative estimate of drug-likeness (QED) is 0.844. The minimum atomic E-state index is -0.323. The summed E-state index contributed by atoms with van der Waals surface area (Å²) >= 11 is 0. The van der Waals surface area contributed by atoms with E-state index in [-0.39, 0.29) is 11.2 Å². The fourth-order valence-electron chi connectivity index (χ4n) is 2.81. The lowest BCUT2D eigenvalue weighted by molar-refractivity contribution is 0.0508. The number of nitrogens with zero attached hydrogens (tertiary/aromatic N) is 2. The van der Waals surface area contributed by atoms with Gasteiger partial charge in [0.05, 0.1) is 5.56 Å². The van der Waals surface area contributed by atoms with Crippen molar-refractivity contribution in [3.8, 4) is 5.88 Å². The molecule has 2 unspecified atom stereocenters. The van der Waals surface area contributed by atoms with Crippen molar-refractivity contribution in [2.24, 2.45) is 5.92 Å². The molecule has 0 radical (unpaired) electrons. The van der Waals surface area contributed by atoms with E-state index in [9.17, 15) is 4.79 Å². The number of hydrogen-bond donors (Lipinski definition) is 0. The molecular weight excluding hydrogens is 252 g/mol. The monoisotopic (exact) mass is 272 g/mol. The van der Waals surface area contributed by atoms with Gasteiger partial charge in [0.1, 0.15) is 11.2 Å². The van der Waals surface area contributed by atoms with E-state index < -0.39 is 0 Å². The molecule has 0 fully saturated rings. The average Bonchev–Trinajstić information content (AvgIpc) is 2.76. The van der Waals surface area contributed by atoms with Crippen molar-refractivity contribution in [3.05, 3.63) is 39.8 Å². The van der Waals surface area contributed by atoms with Crippen molar-refractivity contribution in [1.82, 2.24) is 9.38 Å². The van der Waals surface area contributed by atoms with Gasteiger partial charge in [-0.3, -0.25) is 9.20 Å². The van der Waals surface area contributed by atoms with E-state index in [0.29, 0.717) is 29.4 Å². The maximum Gasteiger partial charge on any atom is 0.265 e. The van der Waals surface area contributed by atoms with Crippen LogP contribution < -0.4 is 10.3 Å². The molecule has 0 bridgehead atoms. The predicted molar refractivity (Wildman–Crippen MR) is 78.4 cm³/mol. The Morgan fingerprint density at radius 1 is 1.55 bits per heavy atom. The van der Waals surface area contributed by atoms with Crippen LogP contribution in [0.15, 0.2) is 23.1 Å². The Labute approximate surface area is 118 Å². The number of aromatic nitrogens is 2. The van der Waals surface area contributed by atoms with Crippen LogP contribution in [-0.4, -0.2) is 15.0 Å². The normalized spacial score (nSPS) is 22.6. The summed E-state index contributed by atoms with van der Waals surface area (Å²) in [5, 5.41) is 0. The molecule has 20 heavy (non-hydrogen) atoms. The van der Waals surface area contributed by atoms with Gasteiger partial charge in [0.25, 0.3) is 5.56 Å². The minimum absolute atomic E-state index is 0.00275. The zero-order chi connectivity index (χ0) is 14.5. The molecule has 2 aromatic rings. The van der Waals surface area contributed by atoms with Gasteiger partial charge in [0, 0.05) is 12.6 Å². The van der Waals surface area contributed by atoms with Gasteiger partial charge in [-0.1, -0.05) is 13.8 Å². The highest BCUT2D eigenvalue weighted by molar-refractivity contribution is 5.46. The van der Waals surface area contributed by atoms with Gasteiger partial charge < -0.3 is 4.74 Å². The van der Waals surface area contributed by atoms with Crippen LogP contribution >= 0.6 is 0 Å². The summed E-state index contributed by atoms with van der Waals surface area (Å²) in [7, 11) is 0. The van der Waals surface area contributed by atoms with Crippen molar-refractivity contribution in [1.29, 1.82) is 0 Å². The molecule has 0 amide bonds. The third-order valence-electron chi connectivity index (χ3n) is 4.55. The maximum absolute atomic E-state index is 12.6. The standard InChI is InChI=1S/C16H20N2O2/c1-5-11(3)16(4)9-12-14(20-16)17-13-8-10(2)6-7-18(13)15(12)19/h6-8,11H,5,9H2,1-4H3. The Morgan fingerprint density at radius 3 is 3.00 bits per heavy atom. The summed E-state index contributed by atoms with van der Waals surface area (Å²) in [5.74, 6) is 0.898. The second-order valence-corrected chi connectivity index (χ2v) is 6.03. The van der Waals surface area contributed by atoms with Gasteiger partial charge in [0.2, 0.25) is 5.88 Å². The molecule has 3 heterocycles. The first-order valence-electron chi connectivity index (χ1n) is 7.15. The lowest BCUT2D eigenvalue weighted by atomic mass is 9.85. The Balaban J connectivity index is 2.17. The molecule has 0 aromatic carbocycles. The first kappa shape index (κ1) is 13.2. The smallest absolute Gasteiger partial charge is 0.265 e. The summed E-state index contributed by atoms with van der Waals surface area (Å²) in [4.78, 5) is 17.1. The molecule has 0 saturated heterocycles. The van der Waals surface area contributed by atoms with Crippen LogP contribution in [0.1, 0.15) is 38.3 Å². The molecule has 1 aliphatic heterocycles. The van der Waals surface area contributed by atoms with Crippen molar-refractivity contribution < 1.29 is 4.74 Å². The van der Waals surface area contributed by atoms with Crippen LogP contribution in [0.3, 0.4) is 0 Å². The topological polar surface area (TPSA) is 43.6 Å². The predicted octanol–water partition coefficient (Wildman–Crippen LogP) is 2.74. The van der Waals surface area contributed by atoms with Crippen molar-refractivity contribution in [2.75, 3.05) is 0 Å². The van der Waals surface area contributed by atoms with Crippen LogP contribution in [-0.2, 0) is 6.42 Å². The first-order valence-corrected chi connectivity index (χ1v) is 7.15. The van der Waals surface area contributed by atoms with Gasteiger partial charge in [-0.2, -0.15) is 4.98 Å². The lowest BCUT2D eigenvalue weighted by Crippen LogP contribution is -2.38. The highest BCUT2D eigenvalue weighted by Gasteiger charge is 2.41. The second-order valence-electron chi connectivity index (χ2n) is 6.03. The summed E-state index contributed by atoms with van der Waals surface area (Å²) in [5.41, 5.74) is 2.11. The third-order valence-corrected chi connectivity index (χ3v) is 4.55. The van der Waals surface area contributed by atoms with E-state index in [2.05, 4.69) is 25.8 Å². The summed E-state index contributed by atoms with van der Waals surface area (Å²) < 4.78 is 7.66. The highest BCUT2D eigenvalue weighted by atomic mass is 16.5. The molecule has 0 N–H and O–H groups in total. The SMILES string of the molecule is CCC(C)C1(C)Cc2c(nc3cc(C)ccn3c2=O)O1. The molecule has 0 saturated carbocycles. The average molecular weight is 272 g/mol. The molecule has 2 aromatic heterocycles. The Hall–Kier alpha value is -1.84. The van der Waals surface area contributed by atoms with E-state index in [1.807, 2.05) is 19.1 Å². The van der Waals surface area contributed by atoms with Gasteiger partial charge >= 0.3 is 0 Å². The molecular formula is C16H20N2O2. The largest absolute Gasteiger partial charge is 0.470 e. The Kier molecular flexibility index (Phi) is 2.85. The van der Waals surface area contributed by atoms with E-state index in [4.69, 9.17) is 4.74 Å². The minimum Gasteiger partial charge on any atom is -0.470 e. The van der Waals surface area contributed by atoms with Gasteiger partial charge in [-0.25, -0.2) is 0 Å². The van der Waals surface area contributed by atoms with E-state index >= 15 is 0 Å². The summed E-state index contributed by atoms with van der Waals surface area (Å²) in [6.07, 6.45) is 3.45. The summed E-state index contributed by atoms with van der Waals surface area (Å²) in [6.45, 7) is 8.36. The number of rotatable bonds is 2. The Bertz CT molecular complexity index is 735. The fraction of sp³-hybridized carbons (Fsp3) is 0.500. The Morgan fingerprint density at radius 2 is 2.30 bits per heavy atom. The molecule has 4 heteroatoms. The van der Waals surface area contributed by atoms with Crippen LogP contribution in [0.5, 0.6) is 5.88 Å². The number of hydrogen-bond acceptors (Lipinski definition) is 3. The van der Waals surface area contributed by atoms with Crippen molar-refractivity contribution in [2.45, 2.75) is 46.1 Å². The van der Waals surface area contributed by atoms with Gasteiger partial charge in [-0.15, -0.1) is 0 Å². The van der Waals surface area contributed by atoms with Crippen molar-refractivity contribution >= 4 is 5.65 Å². The van der Waals surface area contributed by atoms with Crippen molar-refractivity contribution in [3.63, 3.8) is 0 Å². The lowest BCUT2D eigenvalue weighted by Gasteiger charge is -2.29. The van der Waals surface area contributed by atoms with Crippen LogP contribution in [0, 0.1) is 12.8 Å². The van der Waals surface area contributed by atoms with Gasteiger partial charge in [0.15, 0.2) is 0 Å². The number of pyridine rings is 1. The zero-order valence-electron chi connectivity index (χ0n) is 12.4. The van der Waals surface area contributed by atoms with E-state index in [0.717, 1.165) is 12.0 Å². The number of ether oxygens (including phenoxy) is 1. The van der Waals surface area contributed by atoms with Crippen LogP contribution in [0.4, 0.5) is 0 Å². The fourth-order valence-corrected chi connectivity index (χ4v) is 2.81. The van der Waals surface area contributed by atoms with E-state index in [1.54, 1.807) is 10.6 Å². The third kappa shape index (κ3) is 1.82. The molecule has 1 aliphatic rings. The molecule has 0 spiro atoms. The zero-order valence-corrected chi connectivity index (χ0v) is 12.4. The first-order chi connectivity index (χ1) is 9.44. The van der Waals surface area contributed by atoms with Gasteiger partial charge in [-0.05, 0) is 43.9 Å². The molecule has 3 rings (SSSR count). The maximum atomic E-state index is 12.6. The van der Waals surface area contributed by atoms with E-state index in [1.165, 1.54) is 0 Å². The summed E-state index contributed by atoms with van der Waals surface area (Å²) in [6, 6.07) is 3.83. The van der Waals surface area contributed by atoms with Crippen LogP contribution in [0.25, 0.3) is 5.65 Å². The number of aryl methyl sites for hydroxylation is 1. The highest BCUT2D eigenvalue weighted by Crippen LogP contribution is 2.37. The number of fused-ring (bicyclic) bond motifs is 2.